The van der Waals surface area contributed by atoms with Crippen LogP contribution in [0.15, 0.2) is 99.8 Å². The molecule has 190 valence electrons. The molecule has 4 nitrogen and oxygen atoms in total. The fourth-order valence-corrected chi connectivity index (χ4v) is 5.84. The molecule has 7 aromatic rings. The average molecular weight is 510 g/mol. The molecule has 5 heteroatoms. The van der Waals surface area contributed by atoms with Crippen LogP contribution in [-0.2, 0) is 9.31 Å². The van der Waals surface area contributed by atoms with Crippen LogP contribution in [0.4, 0.5) is 0 Å². The third-order valence-electron chi connectivity index (χ3n) is 8.71. The van der Waals surface area contributed by atoms with Gasteiger partial charge in [0.25, 0.3) is 0 Å². The summed E-state index contributed by atoms with van der Waals surface area (Å²) in [4.78, 5) is 0. The van der Waals surface area contributed by atoms with Crippen LogP contribution in [0.1, 0.15) is 27.7 Å². The van der Waals surface area contributed by atoms with E-state index in [9.17, 15) is 0 Å². The molecule has 1 fully saturated rings. The van der Waals surface area contributed by atoms with Gasteiger partial charge < -0.3 is 18.1 Å². The van der Waals surface area contributed by atoms with Crippen molar-refractivity contribution in [1.82, 2.24) is 0 Å². The molecule has 1 aliphatic heterocycles. The van der Waals surface area contributed by atoms with Gasteiger partial charge in [0.1, 0.15) is 22.3 Å². The van der Waals surface area contributed by atoms with E-state index in [4.69, 9.17) is 18.1 Å². The maximum atomic E-state index is 6.30. The number of benzene rings is 5. The maximum absolute atomic E-state index is 6.30. The number of fused-ring (bicyclic) bond motifs is 7. The van der Waals surface area contributed by atoms with Gasteiger partial charge in [0.15, 0.2) is 0 Å². The summed E-state index contributed by atoms with van der Waals surface area (Å²) in [6.07, 6.45) is 0. The third kappa shape index (κ3) is 3.33. The van der Waals surface area contributed by atoms with Gasteiger partial charge in [0.05, 0.1) is 11.2 Å². The van der Waals surface area contributed by atoms with Gasteiger partial charge in [-0.15, -0.1) is 0 Å². The van der Waals surface area contributed by atoms with E-state index in [0.717, 1.165) is 54.9 Å². The van der Waals surface area contributed by atoms with Gasteiger partial charge in [0.2, 0.25) is 0 Å². The minimum absolute atomic E-state index is 0.387. The summed E-state index contributed by atoms with van der Waals surface area (Å²) in [5.41, 5.74) is 6.00. The van der Waals surface area contributed by atoms with Gasteiger partial charge in [-0.05, 0) is 91.5 Å². The summed E-state index contributed by atoms with van der Waals surface area (Å²) in [6.45, 7) is 8.28. The zero-order valence-corrected chi connectivity index (χ0v) is 22.4. The van der Waals surface area contributed by atoms with E-state index >= 15 is 0 Å². The van der Waals surface area contributed by atoms with Crippen LogP contribution in [0, 0.1) is 0 Å². The molecule has 0 spiro atoms. The van der Waals surface area contributed by atoms with E-state index in [2.05, 4.69) is 100 Å². The monoisotopic (exact) mass is 510 g/mol. The molecule has 1 aliphatic rings. The second kappa shape index (κ2) is 7.75. The number of rotatable bonds is 2. The maximum Gasteiger partial charge on any atom is 0.494 e. The van der Waals surface area contributed by atoms with Crippen LogP contribution in [-0.4, -0.2) is 18.3 Å². The summed E-state index contributed by atoms with van der Waals surface area (Å²) in [7, 11) is -0.422. The highest BCUT2D eigenvalue weighted by Crippen LogP contribution is 2.39. The zero-order chi connectivity index (χ0) is 26.5. The highest BCUT2D eigenvalue weighted by molar-refractivity contribution is 6.62. The van der Waals surface area contributed by atoms with E-state index in [1.165, 1.54) is 16.3 Å². The first-order valence-electron chi connectivity index (χ1n) is 13.4. The molecule has 0 saturated carbocycles. The van der Waals surface area contributed by atoms with Gasteiger partial charge in [-0.25, -0.2) is 0 Å². The Labute approximate surface area is 226 Å². The van der Waals surface area contributed by atoms with Gasteiger partial charge in [-0.1, -0.05) is 54.6 Å². The van der Waals surface area contributed by atoms with E-state index in [-0.39, 0.29) is 11.2 Å². The summed E-state index contributed by atoms with van der Waals surface area (Å²) in [6, 6.07) is 31.8. The molecule has 1 saturated heterocycles. The fraction of sp³-hybridized carbons (Fsp3) is 0.176. The largest absolute Gasteiger partial charge is 0.494 e. The van der Waals surface area contributed by atoms with Gasteiger partial charge >= 0.3 is 7.12 Å². The lowest BCUT2D eigenvalue weighted by molar-refractivity contribution is 0.00578. The van der Waals surface area contributed by atoms with Crippen LogP contribution in [0.2, 0.25) is 0 Å². The SMILES string of the molecule is CC1(C)OB(c2ccc3c(c2)oc2ccc(-c4cccc5cc6c(cc45)oc4ccccc46)cc23)OC1(C)C. The smallest absolute Gasteiger partial charge is 0.456 e. The lowest BCUT2D eigenvalue weighted by Crippen LogP contribution is -2.41. The predicted octanol–water partition coefficient (Wildman–Crippen LogP) is 8.60. The van der Waals surface area contributed by atoms with Crippen molar-refractivity contribution in [2.75, 3.05) is 0 Å². The number of para-hydroxylation sites is 1. The molecule has 2 aromatic heterocycles. The molecular weight excluding hydrogens is 483 g/mol. The van der Waals surface area contributed by atoms with Crippen molar-refractivity contribution >= 4 is 67.2 Å². The van der Waals surface area contributed by atoms with E-state index in [1.54, 1.807) is 0 Å². The Morgan fingerprint density at radius 3 is 2.03 bits per heavy atom. The number of hydrogen-bond acceptors (Lipinski definition) is 4. The second-order valence-electron chi connectivity index (χ2n) is 11.6. The minimum atomic E-state index is -0.422. The first kappa shape index (κ1) is 22.9. The molecule has 3 heterocycles. The summed E-state index contributed by atoms with van der Waals surface area (Å²) in [5, 5.41) is 6.81. The van der Waals surface area contributed by atoms with Crippen LogP contribution in [0.25, 0.3) is 65.8 Å². The molecular formula is C34H27BO4. The Morgan fingerprint density at radius 2 is 1.21 bits per heavy atom. The number of furan rings is 2. The van der Waals surface area contributed by atoms with Gasteiger partial charge in [0, 0.05) is 21.5 Å². The highest BCUT2D eigenvalue weighted by atomic mass is 16.7. The average Bonchev–Trinajstić information content (AvgIpc) is 3.54. The van der Waals surface area contributed by atoms with Crippen LogP contribution in [0.3, 0.4) is 0 Å². The molecule has 0 aliphatic carbocycles. The van der Waals surface area contributed by atoms with Crippen LogP contribution < -0.4 is 5.46 Å². The number of hydrogen-bond donors (Lipinski definition) is 0. The fourth-order valence-electron chi connectivity index (χ4n) is 5.84. The first-order valence-corrected chi connectivity index (χ1v) is 13.4. The van der Waals surface area contributed by atoms with E-state index in [0.29, 0.717) is 0 Å². The summed E-state index contributed by atoms with van der Waals surface area (Å²) >= 11 is 0. The highest BCUT2D eigenvalue weighted by Gasteiger charge is 2.51. The Hall–Kier alpha value is -4.06. The predicted molar refractivity (Wildman–Crippen MR) is 160 cm³/mol. The zero-order valence-electron chi connectivity index (χ0n) is 22.4. The van der Waals surface area contributed by atoms with Crippen molar-refractivity contribution in [3.8, 4) is 11.1 Å². The molecule has 0 unspecified atom stereocenters. The Bertz CT molecular complexity index is 2080. The minimum Gasteiger partial charge on any atom is -0.456 e. The van der Waals surface area contributed by atoms with Crippen LogP contribution >= 0.6 is 0 Å². The Kier molecular flexibility index (Phi) is 4.55. The topological polar surface area (TPSA) is 44.7 Å². The van der Waals surface area contributed by atoms with Gasteiger partial charge in [-0.2, -0.15) is 0 Å². The Balaban J connectivity index is 1.25. The standard InChI is InChI=1S/C34H27BO4/c1-33(2)34(3,4)39-35(38-33)22-13-14-25-27-17-21(12-15-30(27)37-31(25)18-22)23-10-7-8-20-16-28-24-9-5-6-11-29(24)36-32(28)19-26(20)23/h5-19H,1-4H3. The van der Waals surface area contributed by atoms with Gasteiger partial charge in [-0.3, -0.25) is 0 Å². The molecule has 5 aromatic carbocycles. The molecule has 0 radical (unpaired) electrons. The first-order chi connectivity index (χ1) is 18.8. The molecule has 0 bridgehead atoms. The van der Waals surface area contributed by atoms with Crippen molar-refractivity contribution in [2.45, 2.75) is 38.9 Å². The summed E-state index contributed by atoms with van der Waals surface area (Å²) < 4.78 is 25.0. The van der Waals surface area contributed by atoms with E-state index < -0.39 is 7.12 Å². The Morgan fingerprint density at radius 1 is 0.513 bits per heavy atom. The van der Waals surface area contributed by atoms with Crippen molar-refractivity contribution < 1.29 is 18.1 Å². The normalized spacial score (nSPS) is 16.9. The van der Waals surface area contributed by atoms with Crippen molar-refractivity contribution in [1.29, 1.82) is 0 Å². The van der Waals surface area contributed by atoms with Crippen molar-refractivity contribution in [2.24, 2.45) is 0 Å². The summed E-state index contributed by atoms with van der Waals surface area (Å²) in [5.74, 6) is 0. The molecule has 0 atom stereocenters. The quantitative estimate of drug-likeness (QED) is 0.219. The molecule has 39 heavy (non-hydrogen) atoms. The van der Waals surface area contributed by atoms with Crippen molar-refractivity contribution in [3.05, 3.63) is 91.0 Å². The molecule has 8 rings (SSSR count). The van der Waals surface area contributed by atoms with Crippen molar-refractivity contribution in [3.63, 3.8) is 0 Å². The van der Waals surface area contributed by atoms with E-state index in [1.807, 2.05) is 18.2 Å². The lowest BCUT2D eigenvalue weighted by Gasteiger charge is -2.32. The molecule has 0 N–H and O–H groups in total. The lowest BCUT2D eigenvalue weighted by atomic mass is 9.79. The third-order valence-corrected chi connectivity index (χ3v) is 8.71. The van der Waals surface area contributed by atoms with Crippen LogP contribution in [0.5, 0.6) is 0 Å². The second-order valence-corrected chi connectivity index (χ2v) is 11.6. The molecule has 0 amide bonds.